The van der Waals surface area contributed by atoms with Crippen LogP contribution in [-0.4, -0.2) is 20.4 Å². The van der Waals surface area contributed by atoms with Gasteiger partial charge in [-0.25, -0.2) is 0 Å². The molecule has 3 aliphatic rings. The van der Waals surface area contributed by atoms with Crippen LogP contribution in [0.4, 0.5) is 0 Å². The zero-order valence-electron chi connectivity index (χ0n) is 25.6. The fraction of sp³-hybridized carbons (Fsp3) is 0.436. The third-order valence-electron chi connectivity index (χ3n) is 11.8. The Balaban J connectivity index is 1.22. The van der Waals surface area contributed by atoms with E-state index in [1.807, 2.05) is 18.2 Å². The standard InChI is InChI=1S/C39H46O4/c1-37(2,27-19-23-38(24-20-27,29-3-11-33(40)12-4-29)30-5-13-34(41)14-6-30)28-21-25-39(26-22-28,31-7-15-35(42)16-8-31)32-9-17-36(43)18-10-32/h3-9,11-17,27-28,40-43H,10,18-26H2,1-2H3. The molecule has 3 aromatic carbocycles. The van der Waals surface area contributed by atoms with Gasteiger partial charge in [-0.05, 0) is 134 Å². The number of hydrogen-bond acceptors (Lipinski definition) is 4. The SMILES string of the molecule is CC(C)(C1CCC(C2=CC=C(O)CC2)(c2ccc(O)cc2)CC1)C1CCC(c2ccc(O)cc2)(c2ccc(O)cc2)CC1. The largest absolute Gasteiger partial charge is 0.512 e. The van der Waals surface area contributed by atoms with Gasteiger partial charge < -0.3 is 20.4 Å². The Morgan fingerprint density at radius 3 is 1.26 bits per heavy atom. The molecule has 43 heavy (non-hydrogen) atoms. The molecule has 2 saturated carbocycles. The number of aliphatic hydroxyl groups excluding tert-OH is 1. The monoisotopic (exact) mass is 578 g/mol. The fourth-order valence-electron chi connectivity index (χ4n) is 8.95. The van der Waals surface area contributed by atoms with Gasteiger partial charge in [-0.1, -0.05) is 61.9 Å². The van der Waals surface area contributed by atoms with E-state index in [0.717, 1.165) is 44.9 Å². The molecule has 0 atom stereocenters. The van der Waals surface area contributed by atoms with Crippen molar-refractivity contribution >= 4 is 0 Å². The minimum Gasteiger partial charge on any atom is -0.512 e. The molecule has 0 unspecified atom stereocenters. The van der Waals surface area contributed by atoms with Crippen molar-refractivity contribution in [1.29, 1.82) is 0 Å². The molecular formula is C39H46O4. The highest BCUT2D eigenvalue weighted by Crippen LogP contribution is 2.57. The molecule has 0 spiro atoms. The summed E-state index contributed by atoms with van der Waals surface area (Å²) in [5, 5.41) is 40.1. The van der Waals surface area contributed by atoms with Crippen molar-refractivity contribution in [1.82, 2.24) is 0 Å². The summed E-state index contributed by atoms with van der Waals surface area (Å²) >= 11 is 0. The predicted octanol–water partition coefficient (Wildman–Crippen LogP) is 9.60. The molecule has 4 heteroatoms. The van der Waals surface area contributed by atoms with E-state index in [-0.39, 0.29) is 27.7 Å². The Morgan fingerprint density at radius 2 is 0.884 bits per heavy atom. The fourth-order valence-corrected chi connectivity index (χ4v) is 8.95. The van der Waals surface area contributed by atoms with E-state index < -0.39 is 0 Å². The van der Waals surface area contributed by atoms with Gasteiger partial charge in [0.15, 0.2) is 0 Å². The minimum atomic E-state index is -0.124. The Morgan fingerprint density at radius 1 is 0.512 bits per heavy atom. The zero-order chi connectivity index (χ0) is 30.2. The topological polar surface area (TPSA) is 80.9 Å². The van der Waals surface area contributed by atoms with Gasteiger partial charge in [-0.15, -0.1) is 0 Å². The lowest BCUT2D eigenvalue weighted by molar-refractivity contribution is 0.0356. The molecule has 3 aliphatic carbocycles. The van der Waals surface area contributed by atoms with Crippen molar-refractivity contribution in [2.24, 2.45) is 17.3 Å². The van der Waals surface area contributed by atoms with Crippen molar-refractivity contribution in [2.75, 3.05) is 0 Å². The quantitative estimate of drug-likeness (QED) is 0.235. The first kappa shape index (κ1) is 29.4. The maximum absolute atomic E-state index is 10.1. The number of benzene rings is 3. The van der Waals surface area contributed by atoms with Crippen LogP contribution in [0.2, 0.25) is 0 Å². The average Bonchev–Trinajstić information content (AvgIpc) is 3.02. The first-order chi connectivity index (χ1) is 20.6. The van der Waals surface area contributed by atoms with Crippen molar-refractivity contribution < 1.29 is 20.4 Å². The van der Waals surface area contributed by atoms with E-state index in [4.69, 9.17) is 0 Å². The number of rotatable bonds is 6. The molecule has 0 saturated heterocycles. The Hall–Kier alpha value is -3.66. The molecule has 4 nitrogen and oxygen atoms in total. The molecular weight excluding hydrogens is 532 g/mol. The van der Waals surface area contributed by atoms with Gasteiger partial charge in [-0.2, -0.15) is 0 Å². The van der Waals surface area contributed by atoms with Gasteiger partial charge >= 0.3 is 0 Å². The van der Waals surface area contributed by atoms with E-state index in [1.165, 1.54) is 35.1 Å². The lowest BCUT2D eigenvalue weighted by Crippen LogP contribution is -2.43. The average molecular weight is 579 g/mol. The molecule has 6 rings (SSSR count). The molecule has 0 amide bonds. The first-order valence-corrected chi connectivity index (χ1v) is 16.1. The van der Waals surface area contributed by atoms with Crippen LogP contribution in [-0.2, 0) is 10.8 Å². The first-order valence-electron chi connectivity index (χ1n) is 16.1. The van der Waals surface area contributed by atoms with Crippen LogP contribution in [0.5, 0.6) is 17.2 Å². The van der Waals surface area contributed by atoms with E-state index in [1.54, 1.807) is 24.3 Å². The lowest BCUT2D eigenvalue weighted by Gasteiger charge is -2.52. The van der Waals surface area contributed by atoms with Crippen molar-refractivity contribution in [2.45, 2.75) is 88.9 Å². The summed E-state index contributed by atoms with van der Waals surface area (Å²) in [6.07, 6.45) is 14.5. The van der Waals surface area contributed by atoms with Gasteiger partial charge in [0.05, 0.1) is 5.76 Å². The van der Waals surface area contributed by atoms with E-state index >= 15 is 0 Å². The number of aliphatic hydroxyl groups is 1. The highest BCUT2D eigenvalue weighted by Gasteiger charge is 2.48. The molecule has 2 fully saturated rings. The normalized spacial score (nSPS) is 24.7. The molecule has 0 heterocycles. The van der Waals surface area contributed by atoms with Crippen LogP contribution in [0, 0.1) is 17.3 Å². The number of phenolic OH excluding ortho intramolecular Hbond substituents is 3. The summed E-state index contributed by atoms with van der Waals surface area (Å²) in [6, 6.07) is 23.4. The second-order valence-corrected chi connectivity index (χ2v) is 14.0. The summed E-state index contributed by atoms with van der Waals surface area (Å²) < 4.78 is 0. The Labute approximate surface area is 256 Å². The number of phenols is 3. The molecule has 0 aliphatic heterocycles. The molecule has 0 aromatic heterocycles. The van der Waals surface area contributed by atoms with Gasteiger partial charge in [0.25, 0.3) is 0 Å². The van der Waals surface area contributed by atoms with E-state index in [9.17, 15) is 20.4 Å². The van der Waals surface area contributed by atoms with Gasteiger partial charge in [-0.3, -0.25) is 0 Å². The van der Waals surface area contributed by atoms with Crippen molar-refractivity contribution in [3.05, 3.63) is 113 Å². The van der Waals surface area contributed by atoms with Gasteiger partial charge in [0.2, 0.25) is 0 Å². The third-order valence-corrected chi connectivity index (χ3v) is 11.8. The summed E-state index contributed by atoms with van der Waals surface area (Å²) in [7, 11) is 0. The Kier molecular flexibility index (Phi) is 7.83. The molecule has 3 aromatic rings. The van der Waals surface area contributed by atoms with Crippen LogP contribution in [0.15, 0.2) is 96.3 Å². The van der Waals surface area contributed by atoms with Crippen LogP contribution < -0.4 is 0 Å². The molecule has 4 N–H and O–H groups in total. The minimum absolute atomic E-state index is 0.0447. The highest BCUT2D eigenvalue weighted by atomic mass is 16.3. The lowest BCUT2D eigenvalue weighted by atomic mass is 9.52. The summed E-state index contributed by atoms with van der Waals surface area (Å²) in [4.78, 5) is 0. The van der Waals surface area contributed by atoms with Crippen LogP contribution in [0.25, 0.3) is 0 Å². The van der Waals surface area contributed by atoms with Crippen LogP contribution in [0.1, 0.15) is 94.7 Å². The van der Waals surface area contributed by atoms with E-state index in [2.05, 4.69) is 56.3 Å². The number of hydrogen-bond donors (Lipinski definition) is 4. The maximum Gasteiger partial charge on any atom is 0.115 e. The second-order valence-electron chi connectivity index (χ2n) is 14.0. The predicted molar refractivity (Wildman–Crippen MR) is 173 cm³/mol. The summed E-state index contributed by atoms with van der Waals surface area (Å²) in [6.45, 7) is 5.01. The van der Waals surface area contributed by atoms with Gasteiger partial charge in [0.1, 0.15) is 17.2 Å². The van der Waals surface area contributed by atoms with E-state index in [0.29, 0.717) is 29.8 Å². The molecule has 0 bridgehead atoms. The zero-order valence-corrected chi connectivity index (χ0v) is 25.6. The molecule has 0 radical (unpaired) electrons. The summed E-state index contributed by atoms with van der Waals surface area (Å²) in [5.74, 6) is 2.60. The summed E-state index contributed by atoms with van der Waals surface area (Å²) in [5.41, 5.74) is 5.22. The maximum atomic E-state index is 10.1. The van der Waals surface area contributed by atoms with Crippen LogP contribution >= 0.6 is 0 Å². The van der Waals surface area contributed by atoms with Crippen molar-refractivity contribution in [3.63, 3.8) is 0 Å². The highest BCUT2D eigenvalue weighted by molar-refractivity contribution is 5.44. The smallest absolute Gasteiger partial charge is 0.115 e. The van der Waals surface area contributed by atoms with Crippen LogP contribution in [0.3, 0.4) is 0 Å². The van der Waals surface area contributed by atoms with Crippen molar-refractivity contribution in [3.8, 4) is 17.2 Å². The Bertz CT molecular complexity index is 1410. The second kappa shape index (κ2) is 11.4. The third kappa shape index (κ3) is 5.46. The van der Waals surface area contributed by atoms with Gasteiger partial charge in [0, 0.05) is 17.3 Å². The number of allylic oxidation sites excluding steroid dienone is 4. The number of aromatic hydroxyl groups is 3. The molecule has 226 valence electrons.